The van der Waals surface area contributed by atoms with E-state index in [4.69, 9.17) is 14.2 Å². The normalized spacial score (nSPS) is 19.0. The summed E-state index contributed by atoms with van der Waals surface area (Å²) in [7, 11) is 0. The Balaban J connectivity index is 1.98. The minimum absolute atomic E-state index is 0.00895. The molecule has 1 rings (SSSR count). The number of carbonyl (C=O) groups is 2. The second kappa shape index (κ2) is 52.2. The number of hydrogen-bond donors (Lipinski definition) is 6. The number of hydrogen-bond acceptors (Lipinski definition) is 10. The lowest BCUT2D eigenvalue weighted by molar-refractivity contribution is -0.302. The summed E-state index contributed by atoms with van der Waals surface area (Å²) in [4.78, 5) is 25.1. The minimum atomic E-state index is -1.57. The number of nitrogens with one attached hydrogen (secondary N) is 1. The maximum atomic E-state index is 13.0. The summed E-state index contributed by atoms with van der Waals surface area (Å²) >= 11 is 0. The van der Waals surface area contributed by atoms with Crippen LogP contribution in [-0.4, -0.2) is 100 Å². The van der Waals surface area contributed by atoms with Crippen LogP contribution >= 0.6 is 0 Å². The molecule has 430 valence electrons. The van der Waals surface area contributed by atoms with E-state index >= 15 is 0 Å². The smallest absolute Gasteiger partial charge is 0.305 e. The molecule has 6 N–H and O–H groups in total. The van der Waals surface area contributed by atoms with E-state index in [0.29, 0.717) is 19.4 Å². The number of aliphatic hydroxyl groups is 5. The van der Waals surface area contributed by atoms with Crippen molar-refractivity contribution in [1.82, 2.24) is 5.32 Å². The van der Waals surface area contributed by atoms with Crippen molar-refractivity contribution in [2.45, 2.75) is 339 Å². The topological polar surface area (TPSA) is 175 Å². The highest BCUT2D eigenvalue weighted by molar-refractivity contribution is 5.76. The fraction of sp³-hybridized carbons (Fsp3) is 0.903. The average molecular weight is 1040 g/mol. The van der Waals surface area contributed by atoms with Gasteiger partial charge < -0.3 is 45.1 Å². The monoisotopic (exact) mass is 1040 g/mol. The van der Waals surface area contributed by atoms with Crippen molar-refractivity contribution in [2.75, 3.05) is 19.8 Å². The standard InChI is InChI=1S/C62H117NO10/c1-3-5-7-9-11-13-14-15-16-20-24-27-30-34-38-42-46-50-58(67)71-51-47-43-39-35-31-28-25-22-19-17-18-21-23-26-29-33-37-41-45-49-57(66)63-54(55(65)48-44-40-36-32-12-10-8-6-4-2)53-72-62-61(70)60(69)59(68)56(52-64)73-62/h15-16,44,48,54-56,59-62,64-65,68-70H,3-14,17-43,45-47,49-53H2,1-2H3,(H,63,66)/b16-15-,48-44+. The van der Waals surface area contributed by atoms with E-state index in [0.717, 1.165) is 64.2 Å². The van der Waals surface area contributed by atoms with Gasteiger partial charge in [0.1, 0.15) is 24.4 Å². The van der Waals surface area contributed by atoms with Crippen molar-refractivity contribution in [3.8, 4) is 0 Å². The molecule has 1 fully saturated rings. The molecule has 1 heterocycles. The van der Waals surface area contributed by atoms with Crippen LogP contribution in [-0.2, 0) is 23.8 Å². The molecule has 0 radical (unpaired) electrons. The summed E-state index contributed by atoms with van der Waals surface area (Å²) in [6.45, 7) is 4.31. The Bertz CT molecular complexity index is 1260. The van der Waals surface area contributed by atoms with E-state index in [1.807, 2.05) is 6.08 Å². The van der Waals surface area contributed by atoms with E-state index in [2.05, 4.69) is 31.3 Å². The lowest BCUT2D eigenvalue weighted by atomic mass is 9.99. The molecule has 0 spiro atoms. The Morgan fingerprint density at radius 2 is 0.877 bits per heavy atom. The Morgan fingerprint density at radius 1 is 0.493 bits per heavy atom. The van der Waals surface area contributed by atoms with E-state index in [-0.39, 0.29) is 18.5 Å². The second-order valence-corrected chi connectivity index (χ2v) is 21.8. The van der Waals surface area contributed by atoms with Gasteiger partial charge in [0.15, 0.2) is 6.29 Å². The molecule has 73 heavy (non-hydrogen) atoms. The maximum Gasteiger partial charge on any atom is 0.305 e. The minimum Gasteiger partial charge on any atom is -0.466 e. The third kappa shape index (κ3) is 41.9. The number of unbranched alkanes of at least 4 members (excludes halogenated alkanes) is 38. The summed E-state index contributed by atoms with van der Waals surface area (Å²) in [6.07, 6.45) is 52.9. The van der Waals surface area contributed by atoms with E-state index < -0.39 is 49.5 Å². The maximum absolute atomic E-state index is 13.0. The average Bonchev–Trinajstić information content (AvgIpc) is 3.39. The molecule has 0 aliphatic carbocycles. The van der Waals surface area contributed by atoms with Crippen LogP contribution in [0.1, 0.15) is 296 Å². The highest BCUT2D eigenvalue weighted by Crippen LogP contribution is 2.23. The SMILES string of the molecule is CCCCCCCC/C=C\CCCCCCCCCC(=O)OCCCCCCCCCCCCCCCCCCCCCC(=O)NC(COC1OC(CO)C(O)C(O)C1O)C(O)/C=C/CCCCCCCCC. The van der Waals surface area contributed by atoms with Gasteiger partial charge in [-0.15, -0.1) is 0 Å². The zero-order valence-electron chi connectivity index (χ0n) is 47.4. The van der Waals surface area contributed by atoms with Gasteiger partial charge in [-0.05, 0) is 57.8 Å². The molecule has 1 amide bonds. The van der Waals surface area contributed by atoms with Gasteiger partial charge in [-0.3, -0.25) is 9.59 Å². The van der Waals surface area contributed by atoms with Crippen LogP contribution in [0.15, 0.2) is 24.3 Å². The highest BCUT2D eigenvalue weighted by atomic mass is 16.7. The van der Waals surface area contributed by atoms with Crippen molar-refractivity contribution >= 4 is 11.9 Å². The number of carbonyl (C=O) groups excluding carboxylic acids is 2. The molecule has 0 aromatic rings. The van der Waals surface area contributed by atoms with Crippen molar-refractivity contribution < 1.29 is 49.3 Å². The number of ether oxygens (including phenoxy) is 3. The Morgan fingerprint density at radius 3 is 1.32 bits per heavy atom. The molecule has 11 nitrogen and oxygen atoms in total. The summed E-state index contributed by atoms with van der Waals surface area (Å²) < 4.78 is 16.7. The zero-order chi connectivity index (χ0) is 53.1. The van der Waals surface area contributed by atoms with Crippen LogP contribution in [0.2, 0.25) is 0 Å². The van der Waals surface area contributed by atoms with Crippen LogP contribution in [0.25, 0.3) is 0 Å². The number of rotatable bonds is 54. The van der Waals surface area contributed by atoms with Crippen LogP contribution in [0.4, 0.5) is 0 Å². The molecule has 11 heteroatoms. The number of esters is 1. The first-order chi connectivity index (χ1) is 35.7. The predicted molar refractivity (Wildman–Crippen MR) is 301 cm³/mol. The van der Waals surface area contributed by atoms with Crippen LogP contribution in [0, 0.1) is 0 Å². The van der Waals surface area contributed by atoms with Gasteiger partial charge in [0.05, 0.1) is 32.0 Å². The fourth-order valence-electron chi connectivity index (χ4n) is 9.84. The molecule has 1 aliphatic rings. The van der Waals surface area contributed by atoms with Crippen LogP contribution in [0.5, 0.6) is 0 Å². The molecule has 1 aliphatic heterocycles. The van der Waals surface area contributed by atoms with Crippen molar-refractivity contribution in [3.63, 3.8) is 0 Å². The van der Waals surface area contributed by atoms with E-state index in [9.17, 15) is 35.1 Å². The van der Waals surface area contributed by atoms with Gasteiger partial charge in [-0.25, -0.2) is 0 Å². The van der Waals surface area contributed by atoms with Crippen LogP contribution < -0.4 is 5.32 Å². The first kappa shape index (κ1) is 69.2. The fourth-order valence-corrected chi connectivity index (χ4v) is 9.84. The molecule has 7 unspecified atom stereocenters. The Hall–Kier alpha value is -1.86. The largest absolute Gasteiger partial charge is 0.466 e. The first-order valence-corrected chi connectivity index (χ1v) is 31.1. The van der Waals surface area contributed by atoms with Crippen LogP contribution in [0.3, 0.4) is 0 Å². The first-order valence-electron chi connectivity index (χ1n) is 31.1. The molecular formula is C62H117NO10. The highest BCUT2D eigenvalue weighted by Gasteiger charge is 2.44. The summed E-state index contributed by atoms with van der Waals surface area (Å²) in [5, 5.41) is 54.2. The van der Waals surface area contributed by atoms with E-state index in [1.165, 1.54) is 205 Å². The molecular weight excluding hydrogens is 919 g/mol. The molecule has 1 saturated heterocycles. The summed E-state index contributed by atoms with van der Waals surface area (Å²) in [6, 6.07) is -0.810. The third-order valence-corrected chi connectivity index (χ3v) is 14.8. The number of amides is 1. The number of aliphatic hydroxyl groups excluding tert-OH is 5. The molecule has 0 saturated carbocycles. The third-order valence-electron chi connectivity index (χ3n) is 14.8. The lowest BCUT2D eigenvalue weighted by Gasteiger charge is -2.40. The quantitative estimate of drug-likeness (QED) is 0.0195. The predicted octanol–water partition coefficient (Wildman–Crippen LogP) is 14.5. The van der Waals surface area contributed by atoms with Gasteiger partial charge in [-0.2, -0.15) is 0 Å². The van der Waals surface area contributed by atoms with Gasteiger partial charge in [-0.1, -0.05) is 250 Å². The molecule has 7 atom stereocenters. The van der Waals surface area contributed by atoms with Gasteiger partial charge in [0.2, 0.25) is 5.91 Å². The Kier molecular flexibility index (Phi) is 49.5. The van der Waals surface area contributed by atoms with E-state index in [1.54, 1.807) is 6.08 Å². The second-order valence-electron chi connectivity index (χ2n) is 21.8. The van der Waals surface area contributed by atoms with Gasteiger partial charge >= 0.3 is 5.97 Å². The number of allylic oxidation sites excluding steroid dienone is 3. The molecule has 0 aromatic carbocycles. The lowest BCUT2D eigenvalue weighted by Crippen LogP contribution is -2.60. The van der Waals surface area contributed by atoms with Crippen molar-refractivity contribution in [3.05, 3.63) is 24.3 Å². The molecule has 0 aromatic heterocycles. The summed E-state index contributed by atoms with van der Waals surface area (Å²) in [5.41, 5.74) is 0. The molecule has 0 bridgehead atoms. The van der Waals surface area contributed by atoms with Crippen molar-refractivity contribution in [1.29, 1.82) is 0 Å². The van der Waals surface area contributed by atoms with Gasteiger partial charge in [0, 0.05) is 12.8 Å². The Labute approximate surface area is 448 Å². The summed E-state index contributed by atoms with van der Waals surface area (Å²) in [5.74, 6) is -0.195. The van der Waals surface area contributed by atoms with Gasteiger partial charge in [0.25, 0.3) is 0 Å². The van der Waals surface area contributed by atoms with Crippen molar-refractivity contribution in [2.24, 2.45) is 0 Å². The zero-order valence-corrected chi connectivity index (χ0v) is 47.4.